The van der Waals surface area contributed by atoms with E-state index < -0.39 is 5.97 Å². The zero-order valence-electron chi connectivity index (χ0n) is 10.9. The fraction of sp³-hybridized carbons (Fsp3) is 0.357. The number of methoxy groups -OCH3 is 1. The summed E-state index contributed by atoms with van der Waals surface area (Å²) in [5, 5.41) is 0. The Morgan fingerprint density at radius 3 is 2.68 bits per heavy atom. The molecule has 100 valence electrons. The Balaban J connectivity index is 2.26. The molecule has 0 fully saturated rings. The number of rotatable bonds is 3. The van der Waals surface area contributed by atoms with E-state index in [4.69, 9.17) is 0 Å². The maximum Gasteiger partial charge on any atom is 0.313 e. The van der Waals surface area contributed by atoms with Gasteiger partial charge in [0, 0.05) is 24.7 Å². The monoisotopic (exact) mass is 261 g/mol. The van der Waals surface area contributed by atoms with Crippen LogP contribution in [-0.2, 0) is 20.7 Å². The van der Waals surface area contributed by atoms with Crippen LogP contribution >= 0.6 is 0 Å². The molecule has 19 heavy (non-hydrogen) atoms. The minimum Gasteiger partial charge on any atom is -0.469 e. The molecule has 1 aliphatic heterocycles. The molecule has 0 saturated heterocycles. The average Bonchev–Trinajstić information content (AvgIpc) is 2.81. The van der Waals surface area contributed by atoms with Crippen molar-refractivity contribution in [1.29, 1.82) is 0 Å². The molecule has 1 aliphatic rings. The molecule has 2 rings (SSSR count). The van der Waals surface area contributed by atoms with E-state index in [1.807, 2.05) is 6.07 Å². The van der Waals surface area contributed by atoms with Crippen molar-refractivity contribution in [3.05, 3.63) is 29.3 Å². The van der Waals surface area contributed by atoms with Crippen LogP contribution in [0.15, 0.2) is 18.2 Å². The van der Waals surface area contributed by atoms with Gasteiger partial charge in [0.2, 0.25) is 5.91 Å². The molecule has 0 aliphatic carbocycles. The molecule has 0 bridgehead atoms. The van der Waals surface area contributed by atoms with Crippen LogP contribution in [-0.4, -0.2) is 31.3 Å². The summed E-state index contributed by atoms with van der Waals surface area (Å²) in [7, 11) is 1.25. The summed E-state index contributed by atoms with van der Waals surface area (Å²) in [5.74, 6) is -0.907. The van der Waals surface area contributed by atoms with Gasteiger partial charge in [-0.05, 0) is 18.1 Å². The lowest BCUT2D eigenvalue weighted by Crippen LogP contribution is -2.25. The molecule has 0 aromatic heterocycles. The third-order valence-corrected chi connectivity index (χ3v) is 3.22. The van der Waals surface area contributed by atoms with Gasteiger partial charge in [-0.3, -0.25) is 14.4 Å². The van der Waals surface area contributed by atoms with Crippen molar-refractivity contribution in [2.24, 2.45) is 0 Å². The van der Waals surface area contributed by atoms with Crippen molar-refractivity contribution in [1.82, 2.24) is 0 Å². The van der Waals surface area contributed by atoms with Gasteiger partial charge in [-0.2, -0.15) is 0 Å². The van der Waals surface area contributed by atoms with Crippen LogP contribution < -0.4 is 4.90 Å². The van der Waals surface area contributed by atoms with Crippen LogP contribution in [0.5, 0.6) is 0 Å². The number of fused-ring (bicyclic) bond motifs is 1. The Morgan fingerprint density at radius 1 is 1.32 bits per heavy atom. The highest BCUT2D eigenvalue weighted by Gasteiger charge is 2.23. The maximum atomic E-state index is 11.9. The van der Waals surface area contributed by atoms with Crippen molar-refractivity contribution in [2.45, 2.75) is 19.8 Å². The Kier molecular flexibility index (Phi) is 3.64. The second kappa shape index (κ2) is 5.22. The van der Waals surface area contributed by atoms with Crippen LogP contribution in [0.2, 0.25) is 0 Å². The highest BCUT2D eigenvalue weighted by molar-refractivity contribution is 6.07. The third-order valence-electron chi connectivity index (χ3n) is 3.22. The van der Waals surface area contributed by atoms with Gasteiger partial charge in [0.05, 0.1) is 7.11 Å². The lowest BCUT2D eigenvalue weighted by atomic mass is 10.0. The lowest BCUT2D eigenvalue weighted by molar-refractivity contribution is -0.139. The number of ketones is 1. The molecule has 1 heterocycles. The Hall–Kier alpha value is -2.17. The highest BCUT2D eigenvalue weighted by atomic mass is 16.5. The fourth-order valence-corrected chi connectivity index (χ4v) is 2.19. The van der Waals surface area contributed by atoms with Gasteiger partial charge in [-0.1, -0.05) is 12.1 Å². The lowest BCUT2D eigenvalue weighted by Gasteiger charge is -2.15. The number of ether oxygens (including phenoxy) is 1. The predicted octanol–water partition coefficient (Wildman–Crippen LogP) is 1.34. The minimum atomic E-state index is -0.561. The first-order valence-corrected chi connectivity index (χ1v) is 6.04. The van der Waals surface area contributed by atoms with E-state index in [1.165, 1.54) is 14.0 Å². The first-order valence-electron chi connectivity index (χ1n) is 6.04. The van der Waals surface area contributed by atoms with Gasteiger partial charge in [-0.15, -0.1) is 0 Å². The van der Waals surface area contributed by atoms with Crippen molar-refractivity contribution in [3.63, 3.8) is 0 Å². The standard InChI is InChI=1S/C14H15NO4/c1-9(16)15-6-5-10-3-4-11(7-12(10)15)13(17)8-14(18)19-2/h3-4,7H,5-6,8H2,1-2H3. The van der Waals surface area contributed by atoms with Gasteiger partial charge >= 0.3 is 5.97 Å². The summed E-state index contributed by atoms with van der Waals surface area (Å²) < 4.78 is 4.47. The summed E-state index contributed by atoms with van der Waals surface area (Å²) in [6.07, 6.45) is 0.510. The second-order valence-electron chi connectivity index (χ2n) is 4.44. The molecular formula is C14H15NO4. The molecule has 1 amide bonds. The van der Waals surface area contributed by atoms with E-state index in [2.05, 4.69) is 4.74 Å². The van der Waals surface area contributed by atoms with E-state index in [1.54, 1.807) is 17.0 Å². The minimum absolute atomic E-state index is 0.0451. The van der Waals surface area contributed by atoms with E-state index in [9.17, 15) is 14.4 Å². The van der Waals surface area contributed by atoms with Crippen LogP contribution in [0.25, 0.3) is 0 Å². The number of benzene rings is 1. The predicted molar refractivity (Wildman–Crippen MR) is 69.1 cm³/mol. The van der Waals surface area contributed by atoms with Gasteiger partial charge < -0.3 is 9.64 Å². The first-order chi connectivity index (χ1) is 9.02. The summed E-state index contributed by atoms with van der Waals surface area (Å²) in [5.41, 5.74) is 2.24. The number of esters is 1. The number of Topliss-reactive ketones (excluding diaryl/α,β-unsaturated/α-hetero) is 1. The van der Waals surface area contributed by atoms with Gasteiger partial charge in [0.15, 0.2) is 5.78 Å². The van der Waals surface area contributed by atoms with E-state index in [0.717, 1.165) is 17.7 Å². The Morgan fingerprint density at radius 2 is 2.05 bits per heavy atom. The molecule has 1 aromatic carbocycles. The maximum absolute atomic E-state index is 11.9. The molecule has 5 nitrogen and oxygen atoms in total. The van der Waals surface area contributed by atoms with E-state index in [-0.39, 0.29) is 18.1 Å². The molecule has 5 heteroatoms. The van der Waals surface area contributed by atoms with Crippen LogP contribution in [0.4, 0.5) is 5.69 Å². The van der Waals surface area contributed by atoms with Gasteiger partial charge in [0.1, 0.15) is 6.42 Å². The number of amides is 1. The molecule has 0 atom stereocenters. The van der Waals surface area contributed by atoms with Crippen LogP contribution in [0, 0.1) is 0 Å². The van der Waals surface area contributed by atoms with Crippen molar-refractivity contribution < 1.29 is 19.1 Å². The number of nitrogens with zero attached hydrogens (tertiary/aromatic N) is 1. The van der Waals surface area contributed by atoms with E-state index in [0.29, 0.717) is 12.1 Å². The topological polar surface area (TPSA) is 63.7 Å². The van der Waals surface area contributed by atoms with Crippen molar-refractivity contribution in [2.75, 3.05) is 18.6 Å². The summed E-state index contributed by atoms with van der Waals surface area (Å²) in [6.45, 7) is 2.14. The number of hydrogen-bond acceptors (Lipinski definition) is 4. The Labute approximate surface area is 111 Å². The van der Waals surface area contributed by atoms with Gasteiger partial charge in [0.25, 0.3) is 0 Å². The fourth-order valence-electron chi connectivity index (χ4n) is 2.19. The molecule has 0 N–H and O–H groups in total. The zero-order chi connectivity index (χ0) is 14.0. The summed E-state index contributed by atoms with van der Waals surface area (Å²) in [4.78, 5) is 36.1. The summed E-state index contributed by atoms with van der Waals surface area (Å²) in [6, 6.07) is 5.20. The van der Waals surface area contributed by atoms with Crippen molar-refractivity contribution >= 4 is 23.3 Å². The molecule has 1 aromatic rings. The normalized spacial score (nSPS) is 13.1. The molecule has 0 unspecified atom stereocenters. The molecule has 0 spiro atoms. The number of hydrogen-bond donors (Lipinski definition) is 0. The first kappa shape index (κ1) is 13.3. The second-order valence-corrected chi connectivity index (χ2v) is 4.44. The zero-order valence-corrected chi connectivity index (χ0v) is 10.9. The number of anilines is 1. The highest BCUT2D eigenvalue weighted by Crippen LogP contribution is 2.29. The average molecular weight is 261 g/mol. The number of carbonyl (C=O) groups is 3. The quantitative estimate of drug-likeness (QED) is 0.468. The third kappa shape index (κ3) is 2.65. The molecule has 0 radical (unpaired) electrons. The SMILES string of the molecule is COC(=O)CC(=O)c1ccc2c(c1)N(C(C)=O)CC2. The van der Waals surface area contributed by atoms with Crippen molar-refractivity contribution in [3.8, 4) is 0 Å². The van der Waals surface area contributed by atoms with Crippen LogP contribution in [0.1, 0.15) is 29.3 Å². The number of carbonyl (C=O) groups excluding carboxylic acids is 3. The molecule has 0 saturated carbocycles. The van der Waals surface area contributed by atoms with E-state index >= 15 is 0 Å². The van der Waals surface area contributed by atoms with Crippen LogP contribution in [0.3, 0.4) is 0 Å². The molecular weight excluding hydrogens is 246 g/mol. The summed E-state index contributed by atoms with van der Waals surface area (Å²) >= 11 is 0. The Bertz CT molecular complexity index is 550. The largest absolute Gasteiger partial charge is 0.469 e. The smallest absolute Gasteiger partial charge is 0.313 e. The van der Waals surface area contributed by atoms with Gasteiger partial charge in [-0.25, -0.2) is 0 Å².